The molecule has 0 radical (unpaired) electrons. The van der Waals surface area contributed by atoms with Crippen molar-refractivity contribution in [3.05, 3.63) is 48.7 Å². The number of benzene rings is 1. The highest BCUT2D eigenvalue weighted by molar-refractivity contribution is 5.64. The fraction of sp³-hybridized carbons (Fsp3) is 0.429. The van der Waals surface area contributed by atoms with Crippen molar-refractivity contribution in [3.63, 3.8) is 0 Å². The van der Waals surface area contributed by atoms with Crippen LogP contribution in [0.25, 0.3) is 5.82 Å². The van der Waals surface area contributed by atoms with Gasteiger partial charge in [-0.1, -0.05) is 0 Å². The molecule has 5 rings (SSSR count). The highest BCUT2D eigenvalue weighted by Crippen LogP contribution is 2.29. The van der Waals surface area contributed by atoms with E-state index in [0.717, 1.165) is 51.5 Å². The smallest absolute Gasteiger partial charge is 0.247 e. The number of ether oxygens (including phenoxy) is 1. The van der Waals surface area contributed by atoms with E-state index < -0.39 is 0 Å². The van der Waals surface area contributed by atoms with Crippen LogP contribution in [0.3, 0.4) is 0 Å². The van der Waals surface area contributed by atoms with E-state index in [1.165, 1.54) is 11.3 Å². The number of hydrogen-bond donors (Lipinski definition) is 1. The van der Waals surface area contributed by atoms with Gasteiger partial charge in [0.25, 0.3) is 0 Å². The maximum absolute atomic E-state index is 5.59. The SMILES string of the molecule is Cc1cc(Nc2ncn(-c3cnccn3)n2)cc(N2CC(N3CCCOCC3)C2)c1.[HH]. The Bertz CT molecular complexity index is 984. The third-order valence-electron chi connectivity index (χ3n) is 5.60. The van der Waals surface area contributed by atoms with Crippen LogP contribution in [0.2, 0.25) is 0 Å². The minimum Gasteiger partial charge on any atom is -0.380 e. The molecule has 2 aliphatic rings. The van der Waals surface area contributed by atoms with Gasteiger partial charge in [0.1, 0.15) is 6.33 Å². The predicted octanol–water partition coefficient (Wildman–Crippen LogP) is 2.27. The molecule has 2 fully saturated rings. The molecule has 2 aromatic heterocycles. The normalized spacial score (nSPS) is 18.1. The molecule has 0 amide bonds. The molecule has 158 valence electrons. The van der Waals surface area contributed by atoms with Gasteiger partial charge in [-0.25, -0.2) is 4.98 Å². The summed E-state index contributed by atoms with van der Waals surface area (Å²) in [5, 5.41) is 7.77. The molecule has 9 heteroatoms. The number of anilines is 3. The number of nitrogens with one attached hydrogen (secondary N) is 1. The number of nitrogens with zero attached hydrogens (tertiary/aromatic N) is 7. The lowest BCUT2D eigenvalue weighted by Crippen LogP contribution is -2.60. The summed E-state index contributed by atoms with van der Waals surface area (Å²) in [5.74, 6) is 1.16. The first-order valence-electron chi connectivity index (χ1n) is 10.4. The first-order valence-corrected chi connectivity index (χ1v) is 10.4. The van der Waals surface area contributed by atoms with Crippen molar-refractivity contribution in [1.82, 2.24) is 29.6 Å². The Morgan fingerprint density at radius 1 is 1.10 bits per heavy atom. The predicted molar refractivity (Wildman–Crippen MR) is 117 cm³/mol. The Morgan fingerprint density at radius 2 is 2.03 bits per heavy atom. The third kappa shape index (κ3) is 4.12. The summed E-state index contributed by atoms with van der Waals surface area (Å²) in [6, 6.07) is 7.12. The summed E-state index contributed by atoms with van der Waals surface area (Å²) < 4.78 is 7.20. The zero-order valence-corrected chi connectivity index (χ0v) is 17.1. The van der Waals surface area contributed by atoms with E-state index in [-0.39, 0.29) is 1.43 Å². The fourth-order valence-electron chi connectivity index (χ4n) is 4.01. The lowest BCUT2D eigenvalue weighted by atomic mass is 10.0. The number of aromatic nitrogens is 5. The minimum atomic E-state index is 0. The summed E-state index contributed by atoms with van der Waals surface area (Å²) in [4.78, 5) is 17.7. The fourth-order valence-corrected chi connectivity index (χ4v) is 4.01. The summed E-state index contributed by atoms with van der Waals surface area (Å²) in [6.07, 6.45) is 7.68. The molecule has 0 saturated carbocycles. The average molecular weight is 409 g/mol. The van der Waals surface area contributed by atoms with E-state index in [0.29, 0.717) is 17.8 Å². The van der Waals surface area contributed by atoms with Crippen molar-refractivity contribution in [2.24, 2.45) is 0 Å². The van der Waals surface area contributed by atoms with Gasteiger partial charge in [0.05, 0.1) is 12.8 Å². The third-order valence-corrected chi connectivity index (χ3v) is 5.60. The quantitative estimate of drug-likeness (QED) is 0.688. The summed E-state index contributed by atoms with van der Waals surface area (Å²) in [7, 11) is 0. The lowest BCUT2D eigenvalue weighted by molar-refractivity contribution is 0.124. The van der Waals surface area contributed by atoms with Gasteiger partial charge in [0, 0.05) is 64.0 Å². The zero-order valence-electron chi connectivity index (χ0n) is 17.1. The van der Waals surface area contributed by atoms with E-state index in [9.17, 15) is 0 Å². The second-order valence-electron chi connectivity index (χ2n) is 7.82. The van der Waals surface area contributed by atoms with Crippen molar-refractivity contribution in [2.45, 2.75) is 19.4 Å². The van der Waals surface area contributed by atoms with Crippen molar-refractivity contribution in [1.29, 1.82) is 0 Å². The molecule has 0 atom stereocenters. The van der Waals surface area contributed by atoms with Gasteiger partial charge in [-0.15, -0.1) is 5.10 Å². The van der Waals surface area contributed by atoms with E-state index in [1.54, 1.807) is 29.6 Å². The Morgan fingerprint density at radius 3 is 2.90 bits per heavy atom. The van der Waals surface area contributed by atoms with Crippen LogP contribution in [0, 0.1) is 6.92 Å². The second kappa shape index (κ2) is 8.37. The molecule has 2 saturated heterocycles. The molecule has 4 heterocycles. The molecular weight excluding hydrogens is 380 g/mol. The summed E-state index contributed by atoms with van der Waals surface area (Å²) >= 11 is 0. The first-order chi connectivity index (χ1) is 14.7. The van der Waals surface area contributed by atoms with Gasteiger partial charge in [0.15, 0.2) is 5.82 Å². The van der Waals surface area contributed by atoms with E-state index in [1.807, 2.05) is 0 Å². The highest BCUT2D eigenvalue weighted by atomic mass is 16.5. The van der Waals surface area contributed by atoms with Crippen molar-refractivity contribution >= 4 is 17.3 Å². The molecule has 1 N–H and O–H groups in total. The van der Waals surface area contributed by atoms with Crippen molar-refractivity contribution in [3.8, 4) is 5.82 Å². The van der Waals surface area contributed by atoms with Crippen LogP contribution >= 0.6 is 0 Å². The molecule has 9 nitrogen and oxygen atoms in total. The maximum Gasteiger partial charge on any atom is 0.247 e. The topological polar surface area (TPSA) is 84.2 Å². The molecular formula is C21H28N8O. The Hall–Kier alpha value is -3.04. The van der Waals surface area contributed by atoms with Crippen LogP contribution in [0.4, 0.5) is 17.3 Å². The molecule has 0 aliphatic carbocycles. The monoisotopic (exact) mass is 408 g/mol. The van der Waals surface area contributed by atoms with Gasteiger partial charge in [-0.2, -0.15) is 9.67 Å². The Balaban J connectivity index is 0.00000231. The van der Waals surface area contributed by atoms with Crippen molar-refractivity contribution in [2.75, 3.05) is 49.6 Å². The zero-order chi connectivity index (χ0) is 20.3. The van der Waals surface area contributed by atoms with E-state index >= 15 is 0 Å². The maximum atomic E-state index is 5.59. The largest absolute Gasteiger partial charge is 0.380 e. The van der Waals surface area contributed by atoms with Crippen LogP contribution in [0.1, 0.15) is 13.4 Å². The molecule has 0 bridgehead atoms. The van der Waals surface area contributed by atoms with Gasteiger partial charge >= 0.3 is 0 Å². The highest BCUT2D eigenvalue weighted by Gasteiger charge is 2.32. The van der Waals surface area contributed by atoms with Gasteiger partial charge in [0.2, 0.25) is 5.95 Å². The molecule has 0 spiro atoms. The number of hydrogen-bond acceptors (Lipinski definition) is 8. The molecule has 2 aliphatic heterocycles. The lowest BCUT2D eigenvalue weighted by Gasteiger charge is -2.46. The standard InChI is InChI=1S/C21H26N8O.H2/c1-16-9-17(25-21-24-15-29(26-21)20-12-22-3-4-23-20)11-18(10-16)28-13-19(14-28)27-5-2-7-30-8-6-27;/h3-4,9-12,15,19H,2,5-8,13-14H2,1H3,(H,25,26);1H. The Kier molecular flexibility index (Phi) is 5.29. The molecule has 30 heavy (non-hydrogen) atoms. The first kappa shape index (κ1) is 19.0. The van der Waals surface area contributed by atoms with Gasteiger partial charge in [-0.05, 0) is 37.1 Å². The van der Waals surface area contributed by atoms with E-state index in [2.05, 4.69) is 60.3 Å². The average Bonchev–Trinajstić information content (AvgIpc) is 3.01. The number of rotatable bonds is 5. The second-order valence-corrected chi connectivity index (χ2v) is 7.82. The van der Waals surface area contributed by atoms with Crippen LogP contribution < -0.4 is 10.2 Å². The van der Waals surface area contributed by atoms with Crippen LogP contribution in [0.15, 0.2) is 43.1 Å². The summed E-state index contributed by atoms with van der Waals surface area (Å²) in [5.41, 5.74) is 3.41. The number of aryl methyl sites for hydroxylation is 1. The minimum absolute atomic E-state index is 0. The van der Waals surface area contributed by atoms with Gasteiger partial charge < -0.3 is 15.0 Å². The molecule has 1 aromatic carbocycles. The molecule has 0 unspecified atom stereocenters. The van der Waals surface area contributed by atoms with Crippen LogP contribution in [-0.4, -0.2) is 75.1 Å². The van der Waals surface area contributed by atoms with Crippen molar-refractivity contribution < 1.29 is 6.16 Å². The van der Waals surface area contributed by atoms with Gasteiger partial charge in [-0.3, -0.25) is 9.88 Å². The van der Waals surface area contributed by atoms with Crippen LogP contribution in [-0.2, 0) is 4.74 Å². The molecule has 3 aromatic rings. The van der Waals surface area contributed by atoms with Crippen LogP contribution in [0.5, 0.6) is 0 Å². The summed E-state index contributed by atoms with van der Waals surface area (Å²) in [6.45, 7) is 8.15. The van der Waals surface area contributed by atoms with E-state index in [4.69, 9.17) is 4.74 Å². The Labute approximate surface area is 177 Å².